The van der Waals surface area contributed by atoms with E-state index in [0.29, 0.717) is 22.5 Å². The van der Waals surface area contributed by atoms with Crippen molar-refractivity contribution >= 4 is 32.9 Å². The molecule has 1 aliphatic rings. The van der Waals surface area contributed by atoms with Crippen molar-refractivity contribution in [2.24, 2.45) is 7.05 Å². The molecule has 0 radical (unpaired) electrons. The van der Waals surface area contributed by atoms with Gasteiger partial charge >= 0.3 is 0 Å². The molecule has 1 saturated heterocycles. The molecule has 3 heterocycles. The summed E-state index contributed by atoms with van der Waals surface area (Å²) in [5, 5.41) is 2.96. The zero-order valence-electron chi connectivity index (χ0n) is 11.9. The van der Waals surface area contributed by atoms with E-state index >= 15 is 0 Å². The molecule has 1 N–H and O–H groups in total. The van der Waals surface area contributed by atoms with Crippen molar-refractivity contribution in [3.8, 4) is 0 Å². The van der Waals surface area contributed by atoms with Crippen LogP contribution in [-0.2, 0) is 11.8 Å². The fourth-order valence-corrected chi connectivity index (χ4v) is 2.93. The lowest BCUT2D eigenvalue weighted by Crippen LogP contribution is -2.41. The number of hydrogen-bond donors (Lipinski definition) is 1. The van der Waals surface area contributed by atoms with Gasteiger partial charge in [-0.2, -0.15) is 0 Å². The number of carbonyl (C=O) groups is 1. The average Bonchev–Trinajstić information content (AvgIpc) is 2.98. The fraction of sp³-hybridized carbons (Fsp3) is 0.500. The largest absolute Gasteiger partial charge is 0.448 e. The second-order valence-corrected chi connectivity index (χ2v) is 5.88. The van der Waals surface area contributed by atoms with E-state index in [4.69, 9.17) is 9.15 Å². The van der Waals surface area contributed by atoms with Crippen LogP contribution in [0.5, 0.6) is 0 Å². The highest BCUT2D eigenvalue weighted by Gasteiger charge is 2.16. The monoisotopic (exact) mass is 355 g/mol. The quantitative estimate of drug-likeness (QED) is 0.904. The Morgan fingerprint density at radius 3 is 2.86 bits per heavy atom. The van der Waals surface area contributed by atoms with Gasteiger partial charge in [0.15, 0.2) is 10.3 Å². The third kappa shape index (κ3) is 3.14. The Bertz CT molecular complexity index is 643. The molecule has 0 saturated carbocycles. The summed E-state index contributed by atoms with van der Waals surface area (Å²) >= 11 is 3.29. The van der Waals surface area contributed by atoms with E-state index in [2.05, 4.69) is 26.1 Å². The maximum absolute atomic E-state index is 12.2. The number of furan rings is 1. The van der Waals surface area contributed by atoms with Crippen molar-refractivity contribution in [2.75, 3.05) is 39.4 Å². The second-order valence-electron chi connectivity index (χ2n) is 5.10. The maximum Gasteiger partial charge on any atom is 0.268 e. The van der Waals surface area contributed by atoms with Crippen LogP contribution in [0.3, 0.4) is 0 Å². The third-order valence-electron chi connectivity index (χ3n) is 3.75. The van der Waals surface area contributed by atoms with Crippen LogP contribution in [-0.4, -0.2) is 54.8 Å². The Morgan fingerprint density at radius 2 is 2.14 bits per heavy atom. The Hall–Kier alpha value is -1.31. The van der Waals surface area contributed by atoms with E-state index < -0.39 is 0 Å². The van der Waals surface area contributed by atoms with Gasteiger partial charge in [0.2, 0.25) is 0 Å². The van der Waals surface area contributed by atoms with Crippen molar-refractivity contribution < 1.29 is 13.9 Å². The van der Waals surface area contributed by atoms with E-state index in [1.807, 2.05) is 17.7 Å². The number of nitrogens with one attached hydrogen (secondary N) is 1. The highest BCUT2D eigenvalue weighted by atomic mass is 79.9. The highest BCUT2D eigenvalue weighted by molar-refractivity contribution is 9.10. The molecule has 1 amide bonds. The fourth-order valence-electron chi connectivity index (χ4n) is 2.54. The minimum Gasteiger partial charge on any atom is -0.448 e. The van der Waals surface area contributed by atoms with Crippen LogP contribution in [0, 0.1) is 0 Å². The minimum atomic E-state index is -0.0757. The summed E-state index contributed by atoms with van der Waals surface area (Å²) in [6.07, 6.45) is 0. The summed E-state index contributed by atoms with van der Waals surface area (Å²) in [4.78, 5) is 14.5. The van der Waals surface area contributed by atoms with Crippen molar-refractivity contribution in [1.29, 1.82) is 0 Å². The molecule has 1 aliphatic heterocycles. The van der Waals surface area contributed by atoms with E-state index in [1.54, 1.807) is 6.07 Å². The standard InChI is InChI=1S/C14H18BrN3O3/c1-17-10-9-13(15)21-12(10)8-11(17)14(19)16-2-3-18-4-6-20-7-5-18/h8-9H,2-7H2,1H3,(H,16,19). The molecule has 114 valence electrons. The van der Waals surface area contributed by atoms with Gasteiger partial charge in [-0.25, -0.2) is 0 Å². The normalized spacial score (nSPS) is 16.5. The molecule has 0 atom stereocenters. The van der Waals surface area contributed by atoms with Gasteiger partial charge < -0.3 is 19.0 Å². The molecule has 6 nitrogen and oxygen atoms in total. The predicted molar refractivity (Wildman–Crippen MR) is 82.5 cm³/mol. The molecular formula is C14H18BrN3O3. The lowest BCUT2D eigenvalue weighted by atomic mass is 10.3. The number of rotatable bonds is 4. The van der Waals surface area contributed by atoms with Gasteiger partial charge in [-0.3, -0.25) is 9.69 Å². The molecule has 2 aromatic rings. The van der Waals surface area contributed by atoms with Crippen LogP contribution >= 0.6 is 15.9 Å². The van der Waals surface area contributed by atoms with Crippen molar-refractivity contribution in [1.82, 2.24) is 14.8 Å². The summed E-state index contributed by atoms with van der Waals surface area (Å²) in [6, 6.07) is 3.63. The highest BCUT2D eigenvalue weighted by Crippen LogP contribution is 2.25. The van der Waals surface area contributed by atoms with E-state index in [-0.39, 0.29) is 5.91 Å². The number of fused-ring (bicyclic) bond motifs is 1. The molecular weight excluding hydrogens is 338 g/mol. The maximum atomic E-state index is 12.2. The van der Waals surface area contributed by atoms with Gasteiger partial charge in [-0.15, -0.1) is 0 Å². The number of nitrogens with zero attached hydrogens (tertiary/aromatic N) is 2. The van der Waals surface area contributed by atoms with Crippen molar-refractivity contribution in [3.63, 3.8) is 0 Å². The number of hydrogen-bond acceptors (Lipinski definition) is 4. The van der Waals surface area contributed by atoms with Crippen LogP contribution in [0.2, 0.25) is 0 Å². The number of amides is 1. The van der Waals surface area contributed by atoms with E-state index in [1.165, 1.54) is 0 Å². The van der Waals surface area contributed by atoms with Crippen LogP contribution in [0.1, 0.15) is 10.5 Å². The topological polar surface area (TPSA) is 59.6 Å². The summed E-state index contributed by atoms with van der Waals surface area (Å²) < 4.78 is 13.3. The summed E-state index contributed by atoms with van der Waals surface area (Å²) in [5.74, 6) is -0.0757. The van der Waals surface area contributed by atoms with E-state index in [0.717, 1.165) is 38.4 Å². The number of ether oxygens (including phenoxy) is 1. The van der Waals surface area contributed by atoms with Crippen molar-refractivity contribution in [3.05, 3.63) is 22.5 Å². The number of aryl methyl sites for hydroxylation is 1. The van der Waals surface area contributed by atoms with Gasteiger partial charge in [0, 0.05) is 45.4 Å². The number of morpholine rings is 1. The first-order valence-electron chi connectivity index (χ1n) is 6.98. The molecule has 1 fully saturated rings. The van der Waals surface area contributed by atoms with E-state index in [9.17, 15) is 4.79 Å². The molecule has 0 unspecified atom stereocenters. The Kier molecular flexibility index (Phi) is 4.32. The first kappa shape index (κ1) is 14.6. The lowest BCUT2D eigenvalue weighted by Gasteiger charge is -2.26. The SMILES string of the molecule is Cn1c(C(=O)NCCN2CCOCC2)cc2oc(Br)cc21. The number of aromatic nitrogens is 1. The minimum absolute atomic E-state index is 0.0757. The zero-order chi connectivity index (χ0) is 14.8. The van der Waals surface area contributed by atoms with Gasteiger partial charge in [0.25, 0.3) is 5.91 Å². The van der Waals surface area contributed by atoms with Crippen LogP contribution in [0.25, 0.3) is 11.1 Å². The molecule has 0 aromatic carbocycles. The number of halogens is 1. The molecule has 21 heavy (non-hydrogen) atoms. The van der Waals surface area contributed by atoms with Crippen LogP contribution < -0.4 is 5.32 Å². The molecule has 2 aromatic heterocycles. The molecule has 0 spiro atoms. The Morgan fingerprint density at radius 1 is 1.38 bits per heavy atom. The molecule has 0 aliphatic carbocycles. The lowest BCUT2D eigenvalue weighted by molar-refractivity contribution is 0.0383. The summed E-state index contributed by atoms with van der Waals surface area (Å²) in [7, 11) is 1.86. The van der Waals surface area contributed by atoms with Gasteiger partial charge in [0.1, 0.15) is 5.69 Å². The first-order chi connectivity index (χ1) is 10.1. The molecule has 3 rings (SSSR count). The zero-order valence-corrected chi connectivity index (χ0v) is 13.5. The van der Waals surface area contributed by atoms with Crippen LogP contribution in [0.4, 0.5) is 0 Å². The predicted octanol–water partition coefficient (Wildman–Crippen LogP) is 1.60. The average molecular weight is 356 g/mol. The molecule has 0 bridgehead atoms. The smallest absolute Gasteiger partial charge is 0.268 e. The van der Waals surface area contributed by atoms with Gasteiger partial charge in [-0.1, -0.05) is 0 Å². The van der Waals surface area contributed by atoms with Crippen LogP contribution in [0.15, 0.2) is 21.2 Å². The molecule has 7 heteroatoms. The summed E-state index contributed by atoms with van der Waals surface area (Å²) in [6.45, 7) is 4.90. The second kappa shape index (κ2) is 6.21. The first-order valence-corrected chi connectivity index (χ1v) is 7.77. The Labute approximate surface area is 131 Å². The van der Waals surface area contributed by atoms with Gasteiger partial charge in [0.05, 0.1) is 18.7 Å². The third-order valence-corrected chi connectivity index (χ3v) is 4.14. The number of carbonyl (C=O) groups excluding carboxylic acids is 1. The van der Waals surface area contributed by atoms with Crippen molar-refractivity contribution in [2.45, 2.75) is 0 Å². The van der Waals surface area contributed by atoms with Gasteiger partial charge in [-0.05, 0) is 15.9 Å². The summed E-state index contributed by atoms with van der Waals surface area (Å²) in [5.41, 5.74) is 2.22. The Balaban J connectivity index is 1.58.